The summed E-state index contributed by atoms with van der Waals surface area (Å²) < 4.78 is 0. The van der Waals surface area contributed by atoms with Gasteiger partial charge in [0.05, 0.1) is 0 Å². The molecule has 0 aliphatic heterocycles. The molecule has 0 aromatic heterocycles. The first-order valence-electron chi connectivity index (χ1n) is 8.89. The standard InChI is InChI=1S/C17H36N2O2/c1-3-5-6-7-8-9-10-11-12-14-17(21)18-19(4-2)15-13-16-20/h20H,3-16H2,1-2H3,(H,18,21). The monoisotopic (exact) mass is 300 g/mol. The summed E-state index contributed by atoms with van der Waals surface area (Å²) in [5.41, 5.74) is 2.91. The van der Waals surface area contributed by atoms with E-state index in [4.69, 9.17) is 5.11 Å². The summed E-state index contributed by atoms with van der Waals surface area (Å²) in [5, 5.41) is 10.7. The van der Waals surface area contributed by atoms with E-state index in [-0.39, 0.29) is 12.5 Å². The zero-order valence-corrected chi connectivity index (χ0v) is 14.2. The van der Waals surface area contributed by atoms with Crippen molar-refractivity contribution in [3.05, 3.63) is 0 Å². The van der Waals surface area contributed by atoms with Crippen LogP contribution in [0, 0.1) is 0 Å². The highest BCUT2D eigenvalue weighted by atomic mass is 16.3. The molecule has 0 spiro atoms. The van der Waals surface area contributed by atoms with Crippen molar-refractivity contribution in [3.63, 3.8) is 0 Å². The average Bonchev–Trinajstić information content (AvgIpc) is 2.49. The number of nitrogens with one attached hydrogen (secondary N) is 1. The van der Waals surface area contributed by atoms with Crippen molar-refractivity contribution >= 4 is 5.91 Å². The second-order valence-electron chi connectivity index (χ2n) is 5.77. The molecule has 0 heterocycles. The summed E-state index contributed by atoms with van der Waals surface area (Å²) in [6.45, 7) is 5.93. The normalized spacial score (nSPS) is 11.0. The molecule has 0 aliphatic rings. The first kappa shape index (κ1) is 20.4. The molecule has 0 aliphatic carbocycles. The molecule has 0 saturated carbocycles. The molecule has 0 aromatic rings. The van der Waals surface area contributed by atoms with Crippen molar-refractivity contribution in [1.29, 1.82) is 0 Å². The Hall–Kier alpha value is -0.610. The zero-order valence-electron chi connectivity index (χ0n) is 14.2. The first-order valence-corrected chi connectivity index (χ1v) is 8.89. The number of amides is 1. The Morgan fingerprint density at radius 3 is 2.00 bits per heavy atom. The van der Waals surface area contributed by atoms with Crippen molar-refractivity contribution in [3.8, 4) is 0 Å². The van der Waals surface area contributed by atoms with Gasteiger partial charge >= 0.3 is 0 Å². The number of hydrogen-bond acceptors (Lipinski definition) is 3. The number of unbranched alkanes of at least 4 members (excludes halogenated alkanes) is 8. The Labute approximate surface area is 131 Å². The van der Waals surface area contributed by atoms with Gasteiger partial charge in [0.2, 0.25) is 5.91 Å². The van der Waals surface area contributed by atoms with Crippen molar-refractivity contribution in [2.45, 2.75) is 84.5 Å². The van der Waals surface area contributed by atoms with Crippen LogP contribution >= 0.6 is 0 Å². The van der Waals surface area contributed by atoms with E-state index < -0.39 is 0 Å². The number of aliphatic hydroxyl groups excluding tert-OH is 1. The molecule has 1 amide bonds. The molecule has 4 nitrogen and oxygen atoms in total. The van der Waals surface area contributed by atoms with Crippen LogP contribution in [0.2, 0.25) is 0 Å². The maximum atomic E-state index is 11.8. The SMILES string of the molecule is CCCCCCCCCCCC(=O)NN(CC)CCCO. The molecule has 0 radical (unpaired) electrons. The summed E-state index contributed by atoms with van der Waals surface area (Å²) in [7, 11) is 0. The maximum Gasteiger partial charge on any atom is 0.234 e. The number of aliphatic hydroxyl groups is 1. The van der Waals surface area contributed by atoms with Crippen molar-refractivity contribution in [1.82, 2.24) is 10.4 Å². The van der Waals surface area contributed by atoms with Gasteiger partial charge < -0.3 is 5.11 Å². The molecular weight excluding hydrogens is 264 g/mol. The molecule has 0 rings (SSSR count). The number of carbonyl (C=O) groups is 1. The summed E-state index contributed by atoms with van der Waals surface area (Å²) in [6.07, 6.45) is 12.8. The van der Waals surface area contributed by atoms with E-state index in [1.807, 2.05) is 11.9 Å². The molecule has 0 bridgehead atoms. The lowest BCUT2D eigenvalue weighted by Gasteiger charge is -2.20. The van der Waals surface area contributed by atoms with Gasteiger partial charge in [-0.3, -0.25) is 10.2 Å². The lowest BCUT2D eigenvalue weighted by atomic mass is 10.1. The summed E-state index contributed by atoms with van der Waals surface area (Å²) in [4.78, 5) is 11.8. The van der Waals surface area contributed by atoms with Crippen LogP contribution < -0.4 is 5.43 Å². The van der Waals surface area contributed by atoms with E-state index in [0.717, 1.165) is 25.9 Å². The van der Waals surface area contributed by atoms with Gasteiger partial charge in [0.1, 0.15) is 0 Å². The molecule has 21 heavy (non-hydrogen) atoms. The highest BCUT2D eigenvalue weighted by Gasteiger charge is 2.06. The quantitative estimate of drug-likeness (QED) is 0.358. The number of hydrogen-bond donors (Lipinski definition) is 2. The van der Waals surface area contributed by atoms with E-state index in [1.54, 1.807) is 0 Å². The second kappa shape index (κ2) is 15.8. The fourth-order valence-corrected chi connectivity index (χ4v) is 2.38. The van der Waals surface area contributed by atoms with Gasteiger partial charge in [-0.2, -0.15) is 0 Å². The van der Waals surface area contributed by atoms with Crippen LogP contribution in [0.1, 0.15) is 84.5 Å². The highest BCUT2D eigenvalue weighted by Crippen LogP contribution is 2.10. The number of rotatable bonds is 15. The van der Waals surface area contributed by atoms with E-state index in [2.05, 4.69) is 12.3 Å². The second-order valence-corrected chi connectivity index (χ2v) is 5.77. The fraction of sp³-hybridized carbons (Fsp3) is 0.941. The minimum atomic E-state index is 0.109. The Balaban J connectivity index is 3.40. The van der Waals surface area contributed by atoms with Gasteiger partial charge in [0, 0.05) is 26.1 Å². The minimum absolute atomic E-state index is 0.109. The van der Waals surface area contributed by atoms with Gasteiger partial charge in [-0.1, -0.05) is 65.2 Å². The van der Waals surface area contributed by atoms with Crippen molar-refractivity contribution in [2.75, 3.05) is 19.7 Å². The van der Waals surface area contributed by atoms with Crippen molar-refractivity contribution < 1.29 is 9.90 Å². The largest absolute Gasteiger partial charge is 0.396 e. The predicted octanol–water partition coefficient (Wildman–Crippen LogP) is 3.64. The van der Waals surface area contributed by atoms with Crippen molar-refractivity contribution in [2.24, 2.45) is 0 Å². The maximum absolute atomic E-state index is 11.8. The van der Waals surface area contributed by atoms with E-state index in [0.29, 0.717) is 12.8 Å². The van der Waals surface area contributed by atoms with Crippen LogP contribution in [0.4, 0.5) is 0 Å². The molecule has 0 aromatic carbocycles. The molecule has 0 unspecified atom stereocenters. The van der Waals surface area contributed by atoms with Gasteiger partial charge in [0.25, 0.3) is 0 Å². The van der Waals surface area contributed by atoms with Gasteiger partial charge in [-0.25, -0.2) is 5.01 Å². The van der Waals surface area contributed by atoms with E-state index in [9.17, 15) is 4.79 Å². The third kappa shape index (κ3) is 14.1. The van der Waals surface area contributed by atoms with Crippen LogP contribution in [0.5, 0.6) is 0 Å². The van der Waals surface area contributed by atoms with Crippen LogP contribution in [-0.4, -0.2) is 35.7 Å². The smallest absolute Gasteiger partial charge is 0.234 e. The minimum Gasteiger partial charge on any atom is -0.396 e. The first-order chi connectivity index (χ1) is 10.2. The van der Waals surface area contributed by atoms with Gasteiger partial charge in [-0.15, -0.1) is 0 Å². The molecule has 0 saturated heterocycles. The third-order valence-corrected chi connectivity index (χ3v) is 3.76. The topological polar surface area (TPSA) is 52.6 Å². The summed E-state index contributed by atoms with van der Waals surface area (Å²) in [5.74, 6) is 0.109. The molecule has 126 valence electrons. The molecule has 4 heteroatoms. The lowest BCUT2D eigenvalue weighted by Crippen LogP contribution is -2.42. The van der Waals surface area contributed by atoms with Gasteiger partial charge in [-0.05, 0) is 12.8 Å². The summed E-state index contributed by atoms with van der Waals surface area (Å²) >= 11 is 0. The van der Waals surface area contributed by atoms with Crippen LogP contribution in [0.3, 0.4) is 0 Å². The molecule has 2 N–H and O–H groups in total. The molecular formula is C17H36N2O2. The highest BCUT2D eigenvalue weighted by molar-refractivity contribution is 5.75. The summed E-state index contributed by atoms with van der Waals surface area (Å²) in [6, 6.07) is 0. The average molecular weight is 300 g/mol. The molecule has 0 atom stereocenters. The lowest BCUT2D eigenvalue weighted by molar-refractivity contribution is -0.126. The number of hydrazine groups is 1. The Bertz CT molecular complexity index is 235. The number of nitrogens with zero attached hydrogens (tertiary/aromatic N) is 1. The van der Waals surface area contributed by atoms with E-state index >= 15 is 0 Å². The fourth-order valence-electron chi connectivity index (χ4n) is 2.38. The Morgan fingerprint density at radius 2 is 1.48 bits per heavy atom. The number of carbonyl (C=O) groups excluding carboxylic acids is 1. The Kier molecular flexibility index (Phi) is 15.3. The third-order valence-electron chi connectivity index (χ3n) is 3.76. The molecule has 0 fully saturated rings. The van der Waals surface area contributed by atoms with E-state index in [1.165, 1.54) is 44.9 Å². The van der Waals surface area contributed by atoms with Crippen LogP contribution in [0.25, 0.3) is 0 Å². The predicted molar refractivity (Wildman–Crippen MR) is 88.9 cm³/mol. The Morgan fingerprint density at radius 1 is 0.905 bits per heavy atom. The zero-order chi connectivity index (χ0) is 15.8. The van der Waals surface area contributed by atoms with Crippen LogP contribution in [-0.2, 0) is 4.79 Å². The van der Waals surface area contributed by atoms with Gasteiger partial charge in [0.15, 0.2) is 0 Å². The van der Waals surface area contributed by atoms with Crippen LogP contribution in [0.15, 0.2) is 0 Å².